The van der Waals surface area contributed by atoms with E-state index in [1.54, 1.807) is 12.1 Å². The van der Waals surface area contributed by atoms with Crippen LogP contribution in [0.3, 0.4) is 0 Å². The molecular weight excluding hydrogens is 209 g/mol. The van der Waals surface area contributed by atoms with Crippen molar-refractivity contribution in [3.05, 3.63) is 34.7 Å². The van der Waals surface area contributed by atoms with Crippen LogP contribution in [0.1, 0.15) is 17.9 Å². The van der Waals surface area contributed by atoms with Crippen molar-refractivity contribution in [3.63, 3.8) is 0 Å². The van der Waals surface area contributed by atoms with Crippen molar-refractivity contribution in [3.8, 4) is 0 Å². The number of nitroso groups, excluding NO2 is 1. The van der Waals surface area contributed by atoms with E-state index in [0.717, 1.165) is 12.0 Å². The van der Waals surface area contributed by atoms with Gasteiger partial charge in [0.1, 0.15) is 10.0 Å². The summed E-state index contributed by atoms with van der Waals surface area (Å²) in [6.07, 6.45) is 0.782. The largest absolute Gasteiger partial charge is 0.145 e. The molecule has 1 aliphatic carbocycles. The maximum absolute atomic E-state index is 10.1. The molecular formula is C9H7Cl2NO. The van der Waals surface area contributed by atoms with Gasteiger partial charge in [0.15, 0.2) is 0 Å². The molecule has 4 heteroatoms. The Morgan fingerprint density at radius 2 is 1.85 bits per heavy atom. The second-order valence-electron chi connectivity index (χ2n) is 3.20. The van der Waals surface area contributed by atoms with Gasteiger partial charge in [0.05, 0.1) is 0 Å². The van der Waals surface area contributed by atoms with Crippen LogP contribution in [0.25, 0.3) is 0 Å². The lowest BCUT2D eigenvalue weighted by Gasteiger charge is -1.99. The van der Waals surface area contributed by atoms with Crippen molar-refractivity contribution in [2.75, 3.05) is 0 Å². The predicted molar refractivity (Wildman–Crippen MR) is 53.7 cm³/mol. The molecule has 0 spiro atoms. The van der Waals surface area contributed by atoms with Gasteiger partial charge < -0.3 is 0 Å². The Kier molecular flexibility index (Phi) is 2.05. The molecule has 1 saturated carbocycles. The molecule has 0 amide bonds. The van der Waals surface area contributed by atoms with Gasteiger partial charge in [-0.2, -0.15) is 0 Å². The smallest absolute Gasteiger partial charge is 0.125 e. The summed E-state index contributed by atoms with van der Waals surface area (Å²) in [6.45, 7) is 0. The van der Waals surface area contributed by atoms with E-state index in [1.165, 1.54) is 0 Å². The maximum Gasteiger partial charge on any atom is 0.125 e. The van der Waals surface area contributed by atoms with E-state index in [9.17, 15) is 4.91 Å². The zero-order chi connectivity index (χ0) is 9.47. The molecule has 0 radical (unpaired) electrons. The van der Waals surface area contributed by atoms with Crippen LogP contribution in [0.15, 0.2) is 29.4 Å². The van der Waals surface area contributed by atoms with Gasteiger partial charge in [0.25, 0.3) is 0 Å². The summed E-state index contributed by atoms with van der Waals surface area (Å²) in [6, 6.07) is 7.02. The first-order chi connectivity index (χ1) is 6.13. The van der Waals surface area contributed by atoms with Crippen LogP contribution in [0.2, 0.25) is 0 Å². The third-order valence-corrected chi connectivity index (χ3v) is 3.06. The highest BCUT2D eigenvalue weighted by Gasteiger charge is 2.52. The van der Waals surface area contributed by atoms with Crippen LogP contribution < -0.4 is 0 Å². The lowest BCUT2D eigenvalue weighted by atomic mass is 10.1. The van der Waals surface area contributed by atoms with E-state index in [4.69, 9.17) is 23.2 Å². The number of alkyl halides is 2. The fraction of sp³-hybridized carbons (Fsp3) is 0.333. The molecule has 1 fully saturated rings. The molecule has 0 saturated heterocycles. The van der Waals surface area contributed by atoms with Gasteiger partial charge in [-0.3, -0.25) is 0 Å². The van der Waals surface area contributed by atoms with Crippen LogP contribution in [-0.4, -0.2) is 4.33 Å². The van der Waals surface area contributed by atoms with Crippen LogP contribution in [0.4, 0.5) is 5.69 Å². The Morgan fingerprint density at radius 3 is 2.23 bits per heavy atom. The Morgan fingerprint density at radius 1 is 1.31 bits per heavy atom. The summed E-state index contributed by atoms with van der Waals surface area (Å²) in [7, 11) is 0. The molecule has 0 heterocycles. The van der Waals surface area contributed by atoms with E-state index in [2.05, 4.69) is 5.18 Å². The fourth-order valence-corrected chi connectivity index (χ4v) is 1.90. The highest BCUT2D eigenvalue weighted by molar-refractivity contribution is 6.51. The maximum atomic E-state index is 10.1. The number of rotatable bonds is 2. The monoisotopic (exact) mass is 215 g/mol. The summed E-state index contributed by atoms with van der Waals surface area (Å²) in [5.41, 5.74) is 1.50. The molecule has 0 aliphatic heterocycles. The van der Waals surface area contributed by atoms with Gasteiger partial charge in [0, 0.05) is 5.92 Å². The Hall–Kier alpha value is -0.600. The summed E-state index contributed by atoms with van der Waals surface area (Å²) >= 11 is 11.8. The third-order valence-electron chi connectivity index (χ3n) is 2.23. The molecule has 13 heavy (non-hydrogen) atoms. The minimum atomic E-state index is -0.601. The van der Waals surface area contributed by atoms with Crippen molar-refractivity contribution in [2.24, 2.45) is 5.18 Å². The molecule has 1 aromatic rings. The first-order valence-electron chi connectivity index (χ1n) is 3.94. The number of nitrogens with zero attached hydrogens (tertiary/aromatic N) is 1. The average molecular weight is 216 g/mol. The molecule has 1 atom stereocenters. The second kappa shape index (κ2) is 2.96. The van der Waals surface area contributed by atoms with E-state index in [-0.39, 0.29) is 5.92 Å². The van der Waals surface area contributed by atoms with Gasteiger partial charge in [0.2, 0.25) is 0 Å². The zero-order valence-corrected chi connectivity index (χ0v) is 8.22. The molecule has 0 N–H and O–H groups in total. The van der Waals surface area contributed by atoms with Crippen molar-refractivity contribution < 1.29 is 0 Å². The lowest BCUT2D eigenvalue weighted by molar-refractivity contribution is 1.11. The van der Waals surface area contributed by atoms with Crippen LogP contribution in [0, 0.1) is 4.91 Å². The SMILES string of the molecule is O=Nc1ccc([C@H]2CC2(Cl)Cl)cc1. The lowest BCUT2D eigenvalue weighted by Crippen LogP contribution is -1.88. The highest BCUT2D eigenvalue weighted by atomic mass is 35.5. The average Bonchev–Trinajstić information content (AvgIpc) is 2.76. The van der Waals surface area contributed by atoms with Gasteiger partial charge in [-0.25, -0.2) is 0 Å². The van der Waals surface area contributed by atoms with Gasteiger partial charge >= 0.3 is 0 Å². The number of hydrogen-bond acceptors (Lipinski definition) is 2. The van der Waals surface area contributed by atoms with Crippen molar-refractivity contribution in [1.82, 2.24) is 0 Å². The highest BCUT2D eigenvalue weighted by Crippen LogP contribution is 2.59. The summed E-state index contributed by atoms with van der Waals surface area (Å²) in [5, 5.41) is 2.81. The summed E-state index contributed by atoms with van der Waals surface area (Å²) in [5.74, 6) is 0.205. The van der Waals surface area contributed by atoms with Crippen molar-refractivity contribution in [1.29, 1.82) is 0 Å². The van der Waals surface area contributed by atoms with E-state index in [1.807, 2.05) is 12.1 Å². The van der Waals surface area contributed by atoms with Crippen LogP contribution in [0.5, 0.6) is 0 Å². The standard InChI is InChI=1S/C9H7Cl2NO/c10-9(11)5-8(9)6-1-3-7(12-13)4-2-6/h1-4,8H,5H2/t8-/m1/s1. The number of hydrogen-bond donors (Lipinski definition) is 0. The number of benzene rings is 1. The van der Waals surface area contributed by atoms with Crippen LogP contribution in [-0.2, 0) is 0 Å². The van der Waals surface area contributed by atoms with E-state index >= 15 is 0 Å². The molecule has 0 aromatic heterocycles. The molecule has 1 aliphatic rings. The Labute approximate surface area is 85.8 Å². The van der Waals surface area contributed by atoms with E-state index < -0.39 is 4.33 Å². The predicted octanol–water partition coefficient (Wildman–Crippen LogP) is 3.75. The van der Waals surface area contributed by atoms with Crippen LogP contribution >= 0.6 is 23.2 Å². The third kappa shape index (κ3) is 1.69. The minimum Gasteiger partial charge on any atom is -0.145 e. The first-order valence-corrected chi connectivity index (χ1v) is 4.70. The second-order valence-corrected chi connectivity index (χ2v) is 4.74. The van der Waals surface area contributed by atoms with Gasteiger partial charge in [-0.05, 0) is 29.3 Å². The van der Waals surface area contributed by atoms with E-state index in [0.29, 0.717) is 5.69 Å². The molecule has 2 rings (SSSR count). The molecule has 68 valence electrons. The van der Waals surface area contributed by atoms with Gasteiger partial charge in [-0.1, -0.05) is 12.1 Å². The van der Waals surface area contributed by atoms with Gasteiger partial charge in [-0.15, -0.1) is 28.1 Å². The summed E-state index contributed by atoms with van der Waals surface area (Å²) in [4.78, 5) is 10.1. The quantitative estimate of drug-likeness (QED) is 0.546. The normalized spacial score (nSPS) is 24.0. The fourth-order valence-electron chi connectivity index (χ4n) is 1.34. The minimum absolute atomic E-state index is 0.205. The Balaban J connectivity index is 2.20. The summed E-state index contributed by atoms with van der Waals surface area (Å²) < 4.78 is -0.601. The number of halogens is 2. The zero-order valence-electron chi connectivity index (χ0n) is 6.71. The topological polar surface area (TPSA) is 29.4 Å². The first kappa shape index (κ1) is 8.97. The molecule has 2 nitrogen and oxygen atoms in total. The van der Waals surface area contributed by atoms with Crippen molar-refractivity contribution >= 4 is 28.9 Å². The van der Waals surface area contributed by atoms with Crippen molar-refractivity contribution in [2.45, 2.75) is 16.7 Å². The molecule has 0 bridgehead atoms. The Bertz CT molecular complexity index is 334. The molecule has 0 unspecified atom stereocenters. The molecule has 1 aromatic carbocycles.